The highest BCUT2D eigenvalue weighted by Crippen LogP contribution is 2.36. The van der Waals surface area contributed by atoms with Crippen molar-refractivity contribution in [2.45, 2.75) is 25.7 Å². The Labute approximate surface area is 75.2 Å². The van der Waals surface area contributed by atoms with E-state index in [2.05, 4.69) is 4.98 Å². The smallest absolute Gasteiger partial charge is 0.256 e. The molecule has 2 unspecified atom stereocenters. The molecule has 2 atom stereocenters. The first kappa shape index (κ1) is 8.47. The molecular formula is C9H11NO3. The number of aliphatic hydroxyl groups excluding tert-OH is 1. The van der Waals surface area contributed by atoms with Crippen LogP contribution in [0.2, 0.25) is 0 Å². The van der Waals surface area contributed by atoms with Gasteiger partial charge in [0.25, 0.3) is 5.56 Å². The van der Waals surface area contributed by atoms with Gasteiger partial charge >= 0.3 is 0 Å². The van der Waals surface area contributed by atoms with Crippen LogP contribution in [0.25, 0.3) is 0 Å². The third kappa shape index (κ3) is 1.18. The first-order valence-electron chi connectivity index (χ1n) is 4.29. The third-order valence-corrected chi connectivity index (χ3v) is 2.29. The van der Waals surface area contributed by atoms with Crippen molar-refractivity contribution in [1.82, 2.24) is 4.98 Å². The van der Waals surface area contributed by atoms with Crippen LogP contribution in [0.3, 0.4) is 0 Å². The summed E-state index contributed by atoms with van der Waals surface area (Å²) >= 11 is 0. The molecule has 1 aromatic rings. The molecule has 1 aliphatic heterocycles. The van der Waals surface area contributed by atoms with Crippen LogP contribution in [0, 0.1) is 0 Å². The van der Waals surface area contributed by atoms with Crippen LogP contribution in [-0.4, -0.2) is 10.1 Å². The van der Waals surface area contributed by atoms with E-state index in [-0.39, 0.29) is 11.7 Å². The number of ether oxygens (including phenoxy) is 1. The summed E-state index contributed by atoms with van der Waals surface area (Å²) < 4.78 is 5.20. The summed E-state index contributed by atoms with van der Waals surface area (Å²) in [6.45, 7) is 1.95. The Balaban J connectivity index is 2.58. The molecule has 4 heteroatoms. The number of hydrogen-bond acceptors (Lipinski definition) is 3. The van der Waals surface area contributed by atoms with Gasteiger partial charge in [-0.2, -0.15) is 0 Å². The molecule has 0 spiro atoms. The van der Waals surface area contributed by atoms with E-state index < -0.39 is 6.29 Å². The molecule has 0 radical (unpaired) electrons. The van der Waals surface area contributed by atoms with Gasteiger partial charge in [0.15, 0.2) is 6.29 Å². The summed E-state index contributed by atoms with van der Waals surface area (Å²) in [5.74, 6) is 0. The van der Waals surface area contributed by atoms with Crippen molar-refractivity contribution < 1.29 is 9.84 Å². The number of fused-ring (bicyclic) bond motifs is 1. The molecule has 0 saturated heterocycles. The number of aliphatic hydroxyl groups is 1. The standard InChI is InChI=1S/C9H11NO3/c1-2-6-5-3-4-10-8(11)7(5)9(12)13-6/h3-4,6,9,12H,2H2,1H3,(H,10,11). The normalized spacial score (nSPS) is 26.0. The number of aromatic nitrogens is 1. The quantitative estimate of drug-likeness (QED) is 0.675. The minimum Gasteiger partial charge on any atom is -0.364 e. The van der Waals surface area contributed by atoms with Crippen LogP contribution in [0.4, 0.5) is 0 Å². The first-order chi connectivity index (χ1) is 6.24. The fraction of sp³-hybridized carbons (Fsp3) is 0.444. The van der Waals surface area contributed by atoms with E-state index in [0.29, 0.717) is 5.56 Å². The summed E-state index contributed by atoms with van der Waals surface area (Å²) in [4.78, 5) is 13.8. The van der Waals surface area contributed by atoms with Crippen LogP contribution in [0.5, 0.6) is 0 Å². The molecule has 0 bridgehead atoms. The van der Waals surface area contributed by atoms with Crippen LogP contribution in [0.1, 0.15) is 36.9 Å². The second-order valence-electron chi connectivity index (χ2n) is 3.06. The van der Waals surface area contributed by atoms with E-state index in [1.165, 1.54) is 0 Å². The second kappa shape index (κ2) is 2.97. The van der Waals surface area contributed by atoms with E-state index >= 15 is 0 Å². The van der Waals surface area contributed by atoms with E-state index in [9.17, 15) is 9.90 Å². The fourth-order valence-corrected chi connectivity index (χ4v) is 1.65. The minimum atomic E-state index is -1.06. The van der Waals surface area contributed by atoms with Gasteiger partial charge in [-0.05, 0) is 18.1 Å². The highest BCUT2D eigenvalue weighted by Gasteiger charge is 2.31. The van der Waals surface area contributed by atoms with E-state index in [1.807, 2.05) is 6.92 Å². The Morgan fingerprint density at radius 1 is 1.69 bits per heavy atom. The van der Waals surface area contributed by atoms with Gasteiger partial charge in [-0.25, -0.2) is 0 Å². The van der Waals surface area contributed by atoms with Crippen molar-refractivity contribution in [3.05, 3.63) is 33.7 Å². The van der Waals surface area contributed by atoms with E-state index in [0.717, 1.165) is 12.0 Å². The lowest BCUT2D eigenvalue weighted by Crippen LogP contribution is -2.13. The number of aromatic amines is 1. The first-order valence-corrected chi connectivity index (χ1v) is 4.29. The molecule has 13 heavy (non-hydrogen) atoms. The lowest BCUT2D eigenvalue weighted by Gasteiger charge is -2.06. The molecule has 70 valence electrons. The van der Waals surface area contributed by atoms with E-state index in [4.69, 9.17) is 4.74 Å². The van der Waals surface area contributed by atoms with E-state index in [1.54, 1.807) is 12.3 Å². The molecule has 0 saturated carbocycles. The Hall–Kier alpha value is -1.13. The zero-order valence-electron chi connectivity index (χ0n) is 7.28. The molecule has 0 fully saturated rings. The number of H-pyrrole nitrogens is 1. The lowest BCUT2D eigenvalue weighted by molar-refractivity contribution is -0.121. The van der Waals surface area contributed by atoms with Crippen molar-refractivity contribution in [3.8, 4) is 0 Å². The maximum Gasteiger partial charge on any atom is 0.256 e. The van der Waals surface area contributed by atoms with Gasteiger partial charge in [-0.15, -0.1) is 0 Å². The number of rotatable bonds is 1. The molecule has 0 aliphatic carbocycles. The van der Waals surface area contributed by atoms with Crippen molar-refractivity contribution in [3.63, 3.8) is 0 Å². The Bertz CT molecular complexity index is 371. The number of hydrogen-bond donors (Lipinski definition) is 2. The second-order valence-corrected chi connectivity index (χ2v) is 3.06. The number of pyridine rings is 1. The maximum atomic E-state index is 11.3. The highest BCUT2D eigenvalue weighted by molar-refractivity contribution is 5.30. The lowest BCUT2D eigenvalue weighted by atomic mass is 10.1. The predicted octanol–water partition coefficient (Wildman–Crippen LogP) is 0.847. The van der Waals surface area contributed by atoms with Gasteiger partial charge in [0.1, 0.15) is 0 Å². The molecule has 2 N–H and O–H groups in total. The zero-order chi connectivity index (χ0) is 9.42. The third-order valence-electron chi connectivity index (χ3n) is 2.29. The summed E-state index contributed by atoms with van der Waals surface area (Å²) in [6, 6.07) is 1.78. The van der Waals surface area contributed by atoms with Gasteiger partial charge in [0.2, 0.25) is 0 Å². The largest absolute Gasteiger partial charge is 0.364 e. The van der Waals surface area contributed by atoms with Crippen molar-refractivity contribution >= 4 is 0 Å². The summed E-state index contributed by atoms with van der Waals surface area (Å²) in [6.07, 6.45) is 1.12. The average Bonchev–Trinajstić information content (AvgIpc) is 2.44. The van der Waals surface area contributed by atoms with Crippen LogP contribution < -0.4 is 5.56 Å². The molecule has 1 aliphatic rings. The molecule has 2 rings (SSSR count). The monoisotopic (exact) mass is 181 g/mol. The van der Waals surface area contributed by atoms with Crippen molar-refractivity contribution in [1.29, 1.82) is 0 Å². The van der Waals surface area contributed by atoms with Gasteiger partial charge in [0, 0.05) is 6.20 Å². The van der Waals surface area contributed by atoms with Crippen molar-refractivity contribution in [2.75, 3.05) is 0 Å². The van der Waals surface area contributed by atoms with Gasteiger partial charge in [0.05, 0.1) is 11.7 Å². The molecule has 2 heterocycles. The van der Waals surface area contributed by atoms with Gasteiger partial charge in [-0.3, -0.25) is 4.79 Å². The Morgan fingerprint density at radius 3 is 3.15 bits per heavy atom. The fourth-order valence-electron chi connectivity index (χ4n) is 1.65. The van der Waals surface area contributed by atoms with Crippen LogP contribution in [0.15, 0.2) is 17.1 Å². The summed E-state index contributed by atoms with van der Waals surface area (Å²) in [5, 5.41) is 9.42. The average molecular weight is 181 g/mol. The molecule has 1 aromatic heterocycles. The molecule has 4 nitrogen and oxygen atoms in total. The zero-order valence-corrected chi connectivity index (χ0v) is 7.28. The van der Waals surface area contributed by atoms with Gasteiger partial charge < -0.3 is 14.8 Å². The topological polar surface area (TPSA) is 62.3 Å². The molecule has 0 aromatic carbocycles. The van der Waals surface area contributed by atoms with Gasteiger partial charge in [-0.1, -0.05) is 6.92 Å². The Morgan fingerprint density at radius 2 is 2.46 bits per heavy atom. The summed E-state index contributed by atoms with van der Waals surface area (Å²) in [5.41, 5.74) is 0.897. The number of nitrogens with one attached hydrogen (secondary N) is 1. The highest BCUT2D eigenvalue weighted by atomic mass is 16.6. The molecular weight excluding hydrogens is 170 g/mol. The SMILES string of the molecule is CCC1OC(O)c2c1cc[nH]c2=O. The van der Waals surface area contributed by atoms with Crippen molar-refractivity contribution in [2.24, 2.45) is 0 Å². The predicted molar refractivity (Wildman–Crippen MR) is 46.1 cm³/mol. The minimum absolute atomic E-state index is 0.146. The van der Waals surface area contributed by atoms with Crippen LogP contribution in [-0.2, 0) is 4.74 Å². The maximum absolute atomic E-state index is 11.3. The van der Waals surface area contributed by atoms with Crippen LogP contribution >= 0.6 is 0 Å². The molecule has 0 amide bonds. The summed E-state index contributed by atoms with van der Waals surface area (Å²) in [7, 11) is 0. The Kier molecular flexibility index (Phi) is 1.94.